The van der Waals surface area contributed by atoms with Crippen LogP contribution in [0.3, 0.4) is 0 Å². The van der Waals surface area contributed by atoms with Crippen molar-refractivity contribution in [3.63, 3.8) is 0 Å². The molecule has 2 aromatic rings. The molecule has 1 atom stereocenters. The molecular formula is C20H25N5O3. The standard InChI is InChI=1S/C20H25N5O3/c1-5-11-20(15-9-7-6-8-10-15)18(27)25(19(28)22-20)12-16(26)21-17-13(2)23-24(4)14(17)3/h6-10H,5,11-12H2,1-4H3,(H,21,26)(H,22,28)/t20-/m0/s1. The predicted octanol–water partition coefficient (Wildman–Crippen LogP) is 2.22. The Hall–Kier alpha value is -3.16. The number of imide groups is 1. The number of aromatic nitrogens is 2. The second-order valence-corrected chi connectivity index (χ2v) is 7.06. The lowest BCUT2D eigenvalue weighted by Gasteiger charge is -2.26. The summed E-state index contributed by atoms with van der Waals surface area (Å²) in [6, 6.07) is 8.59. The summed E-state index contributed by atoms with van der Waals surface area (Å²) in [7, 11) is 1.79. The van der Waals surface area contributed by atoms with E-state index >= 15 is 0 Å². The molecule has 0 saturated carbocycles. The summed E-state index contributed by atoms with van der Waals surface area (Å²) in [5.41, 5.74) is 1.66. The Labute approximate surface area is 163 Å². The summed E-state index contributed by atoms with van der Waals surface area (Å²) in [6.45, 7) is 5.23. The number of amides is 4. The quantitative estimate of drug-likeness (QED) is 0.748. The second-order valence-electron chi connectivity index (χ2n) is 7.06. The van der Waals surface area contributed by atoms with Crippen LogP contribution in [0, 0.1) is 13.8 Å². The number of carbonyl (C=O) groups excluding carboxylic acids is 3. The predicted molar refractivity (Wildman–Crippen MR) is 105 cm³/mol. The minimum atomic E-state index is -1.13. The van der Waals surface area contributed by atoms with E-state index in [-0.39, 0.29) is 6.54 Å². The first kappa shape index (κ1) is 19.6. The monoisotopic (exact) mass is 383 g/mol. The Bertz CT molecular complexity index is 921. The maximum Gasteiger partial charge on any atom is 0.325 e. The van der Waals surface area contributed by atoms with Crippen LogP contribution < -0.4 is 10.6 Å². The Morgan fingerprint density at radius 1 is 1.21 bits per heavy atom. The number of benzene rings is 1. The number of hydrogen-bond donors (Lipinski definition) is 2. The first-order valence-electron chi connectivity index (χ1n) is 9.30. The number of anilines is 1. The van der Waals surface area contributed by atoms with Crippen molar-refractivity contribution in [1.29, 1.82) is 0 Å². The van der Waals surface area contributed by atoms with Gasteiger partial charge in [0.05, 0.1) is 17.1 Å². The minimum Gasteiger partial charge on any atom is -0.321 e. The van der Waals surface area contributed by atoms with Crippen molar-refractivity contribution in [3.8, 4) is 0 Å². The van der Waals surface area contributed by atoms with Crippen molar-refractivity contribution in [2.75, 3.05) is 11.9 Å². The van der Waals surface area contributed by atoms with Gasteiger partial charge >= 0.3 is 6.03 Å². The van der Waals surface area contributed by atoms with E-state index in [4.69, 9.17) is 0 Å². The molecule has 1 aromatic carbocycles. The fraction of sp³-hybridized carbons (Fsp3) is 0.400. The van der Waals surface area contributed by atoms with Gasteiger partial charge in [-0.15, -0.1) is 0 Å². The summed E-state index contributed by atoms with van der Waals surface area (Å²) in [6.07, 6.45) is 1.16. The van der Waals surface area contributed by atoms with Crippen LogP contribution in [-0.2, 0) is 22.2 Å². The smallest absolute Gasteiger partial charge is 0.321 e. The molecule has 148 valence electrons. The fourth-order valence-electron chi connectivity index (χ4n) is 3.65. The zero-order valence-corrected chi connectivity index (χ0v) is 16.6. The van der Waals surface area contributed by atoms with Crippen LogP contribution in [0.2, 0.25) is 0 Å². The van der Waals surface area contributed by atoms with E-state index in [1.54, 1.807) is 18.7 Å². The minimum absolute atomic E-state index is 0.350. The zero-order valence-electron chi connectivity index (χ0n) is 16.6. The van der Waals surface area contributed by atoms with Crippen LogP contribution in [0.1, 0.15) is 36.7 Å². The van der Waals surface area contributed by atoms with E-state index in [1.807, 2.05) is 44.2 Å². The molecule has 0 radical (unpaired) electrons. The maximum atomic E-state index is 13.2. The van der Waals surface area contributed by atoms with Gasteiger partial charge in [0.2, 0.25) is 5.91 Å². The largest absolute Gasteiger partial charge is 0.325 e. The number of aryl methyl sites for hydroxylation is 2. The van der Waals surface area contributed by atoms with E-state index < -0.39 is 23.4 Å². The second kappa shape index (κ2) is 7.46. The van der Waals surface area contributed by atoms with Crippen LogP contribution in [0.4, 0.5) is 10.5 Å². The molecule has 0 spiro atoms. The molecular weight excluding hydrogens is 358 g/mol. The molecule has 1 aliphatic rings. The number of urea groups is 1. The molecule has 1 aliphatic heterocycles. The molecule has 1 aromatic heterocycles. The molecule has 28 heavy (non-hydrogen) atoms. The number of hydrogen-bond acceptors (Lipinski definition) is 4. The first-order chi connectivity index (χ1) is 13.3. The molecule has 3 rings (SSSR count). The number of nitrogens with one attached hydrogen (secondary N) is 2. The van der Waals surface area contributed by atoms with Crippen LogP contribution in [0.5, 0.6) is 0 Å². The van der Waals surface area contributed by atoms with Crippen molar-refractivity contribution in [2.24, 2.45) is 7.05 Å². The van der Waals surface area contributed by atoms with Gasteiger partial charge in [0.1, 0.15) is 12.1 Å². The zero-order chi connectivity index (χ0) is 20.5. The SMILES string of the molecule is CCC[C@@]1(c2ccccc2)NC(=O)N(CC(=O)Nc2c(C)nn(C)c2C)C1=O. The molecule has 2 heterocycles. The highest BCUT2D eigenvalue weighted by atomic mass is 16.2. The van der Waals surface area contributed by atoms with Crippen molar-refractivity contribution in [3.05, 3.63) is 47.3 Å². The number of nitrogens with zero attached hydrogens (tertiary/aromatic N) is 3. The highest BCUT2D eigenvalue weighted by Gasteiger charge is 2.52. The lowest BCUT2D eigenvalue weighted by atomic mass is 9.85. The molecule has 0 unspecified atom stereocenters. The summed E-state index contributed by atoms with van der Waals surface area (Å²) >= 11 is 0. The summed E-state index contributed by atoms with van der Waals surface area (Å²) < 4.78 is 1.67. The van der Waals surface area contributed by atoms with Crippen molar-refractivity contribution in [2.45, 2.75) is 39.2 Å². The Kier molecular flexibility index (Phi) is 5.22. The van der Waals surface area contributed by atoms with Crippen LogP contribution in [-0.4, -0.2) is 39.1 Å². The molecule has 1 fully saturated rings. The number of carbonyl (C=O) groups is 3. The highest BCUT2D eigenvalue weighted by molar-refractivity contribution is 6.10. The lowest BCUT2D eigenvalue weighted by molar-refractivity contribution is -0.134. The summed E-state index contributed by atoms with van der Waals surface area (Å²) in [5.74, 6) is -0.844. The van der Waals surface area contributed by atoms with Gasteiger partial charge in [0.15, 0.2) is 0 Å². The Morgan fingerprint density at radius 3 is 2.46 bits per heavy atom. The molecule has 8 nitrogen and oxygen atoms in total. The summed E-state index contributed by atoms with van der Waals surface area (Å²) in [4.78, 5) is 39.3. The normalized spacial score (nSPS) is 19.1. The van der Waals surface area contributed by atoms with Gasteiger partial charge in [-0.05, 0) is 25.8 Å². The fourth-order valence-corrected chi connectivity index (χ4v) is 3.65. The van der Waals surface area contributed by atoms with E-state index in [2.05, 4.69) is 15.7 Å². The van der Waals surface area contributed by atoms with Crippen molar-refractivity contribution in [1.82, 2.24) is 20.0 Å². The van der Waals surface area contributed by atoms with Gasteiger partial charge in [-0.25, -0.2) is 4.79 Å². The van der Waals surface area contributed by atoms with E-state index in [1.165, 1.54) is 0 Å². The topological polar surface area (TPSA) is 96.3 Å². The third-order valence-corrected chi connectivity index (χ3v) is 5.14. The summed E-state index contributed by atoms with van der Waals surface area (Å²) in [5, 5.41) is 9.85. The highest BCUT2D eigenvalue weighted by Crippen LogP contribution is 2.33. The van der Waals surface area contributed by atoms with Gasteiger partial charge in [-0.3, -0.25) is 19.2 Å². The third-order valence-electron chi connectivity index (χ3n) is 5.14. The van der Waals surface area contributed by atoms with Crippen molar-refractivity contribution >= 4 is 23.5 Å². The molecule has 2 N–H and O–H groups in total. The van der Waals surface area contributed by atoms with Crippen LogP contribution >= 0.6 is 0 Å². The van der Waals surface area contributed by atoms with Gasteiger partial charge < -0.3 is 10.6 Å². The average Bonchev–Trinajstić information content (AvgIpc) is 3.05. The van der Waals surface area contributed by atoms with Crippen LogP contribution in [0.25, 0.3) is 0 Å². The molecule has 0 aliphatic carbocycles. The first-order valence-corrected chi connectivity index (χ1v) is 9.30. The Balaban J connectivity index is 1.82. The molecule has 8 heteroatoms. The van der Waals surface area contributed by atoms with E-state index in [0.29, 0.717) is 24.2 Å². The Morgan fingerprint density at radius 2 is 1.89 bits per heavy atom. The van der Waals surface area contributed by atoms with E-state index in [9.17, 15) is 14.4 Å². The van der Waals surface area contributed by atoms with Gasteiger partial charge in [-0.1, -0.05) is 43.7 Å². The van der Waals surface area contributed by atoms with Crippen molar-refractivity contribution < 1.29 is 14.4 Å². The third kappa shape index (κ3) is 3.26. The maximum absolute atomic E-state index is 13.2. The average molecular weight is 383 g/mol. The molecule has 1 saturated heterocycles. The van der Waals surface area contributed by atoms with Crippen LogP contribution in [0.15, 0.2) is 30.3 Å². The van der Waals surface area contributed by atoms with Gasteiger partial charge in [0, 0.05) is 7.05 Å². The van der Waals surface area contributed by atoms with Gasteiger partial charge in [-0.2, -0.15) is 5.10 Å². The molecule has 0 bridgehead atoms. The number of rotatable bonds is 6. The lowest BCUT2D eigenvalue weighted by Crippen LogP contribution is -2.44. The molecule has 4 amide bonds. The van der Waals surface area contributed by atoms with Gasteiger partial charge in [0.25, 0.3) is 5.91 Å². The van der Waals surface area contributed by atoms with E-state index in [0.717, 1.165) is 16.2 Å².